The van der Waals surface area contributed by atoms with Crippen LogP contribution in [0.3, 0.4) is 0 Å². The summed E-state index contributed by atoms with van der Waals surface area (Å²) in [4.78, 5) is 15.2. The van der Waals surface area contributed by atoms with Gasteiger partial charge in [0, 0.05) is 28.6 Å². The van der Waals surface area contributed by atoms with Crippen molar-refractivity contribution < 1.29 is 9.90 Å². The fourth-order valence-corrected chi connectivity index (χ4v) is 4.26. The fraction of sp³-hybridized carbons (Fsp3) is 0.167. The molecule has 0 amide bonds. The lowest BCUT2D eigenvalue weighted by molar-refractivity contribution is -0.139. The first kappa shape index (κ1) is 14.6. The van der Waals surface area contributed by atoms with E-state index in [0.29, 0.717) is 6.42 Å². The van der Waals surface area contributed by atoms with Crippen LogP contribution < -0.4 is 5.32 Å². The molecule has 7 heteroatoms. The number of hydrogen-bond donors (Lipinski definition) is 3. The Morgan fingerprint density at radius 2 is 2.04 bits per heavy atom. The van der Waals surface area contributed by atoms with Crippen molar-refractivity contribution in [2.75, 3.05) is 0 Å². The largest absolute Gasteiger partial charge is 0.480 e. The summed E-state index contributed by atoms with van der Waals surface area (Å²) in [5.41, 5.74) is 5.70. The van der Waals surface area contributed by atoms with Gasteiger partial charge in [-0.25, -0.2) is 0 Å². The summed E-state index contributed by atoms with van der Waals surface area (Å²) < 4.78 is 8.72. The molecule has 6 nitrogen and oxygen atoms in total. The Morgan fingerprint density at radius 1 is 1.16 bits per heavy atom. The number of aromatic amines is 1. The predicted molar refractivity (Wildman–Crippen MR) is 95.8 cm³/mol. The molecule has 0 saturated heterocycles. The molecule has 3 heterocycles. The van der Waals surface area contributed by atoms with Crippen molar-refractivity contribution in [3.05, 3.63) is 59.3 Å². The molecule has 2 aromatic carbocycles. The number of rotatable bonds is 2. The Morgan fingerprint density at radius 3 is 2.92 bits per heavy atom. The van der Waals surface area contributed by atoms with Gasteiger partial charge in [0.2, 0.25) is 0 Å². The third-order valence-corrected chi connectivity index (χ3v) is 5.38. The zero-order valence-corrected chi connectivity index (χ0v) is 13.9. The minimum atomic E-state index is -0.843. The Labute approximate surface area is 146 Å². The lowest BCUT2D eigenvalue weighted by atomic mass is 9.90. The van der Waals surface area contributed by atoms with Crippen LogP contribution in [0.15, 0.2) is 42.5 Å². The van der Waals surface area contributed by atoms with Gasteiger partial charge < -0.3 is 10.1 Å². The summed E-state index contributed by atoms with van der Waals surface area (Å²) in [6.45, 7) is 0. The molecule has 3 N–H and O–H groups in total. The van der Waals surface area contributed by atoms with Gasteiger partial charge in [-0.3, -0.25) is 10.1 Å². The molecule has 0 unspecified atom stereocenters. The quantitative estimate of drug-likeness (QED) is 0.517. The number of para-hydroxylation sites is 1. The molecule has 0 spiro atoms. The lowest BCUT2D eigenvalue weighted by Gasteiger charge is -2.29. The molecule has 0 radical (unpaired) electrons. The Balaban J connectivity index is 1.77. The van der Waals surface area contributed by atoms with E-state index in [0.717, 1.165) is 38.8 Å². The number of carbonyl (C=O) groups is 1. The van der Waals surface area contributed by atoms with Crippen molar-refractivity contribution in [2.24, 2.45) is 0 Å². The first-order valence-electron chi connectivity index (χ1n) is 8.02. The molecule has 0 saturated carbocycles. The highest BCUT2D eigenvalue weighted by Crippen LogP contribution is 2.37. The van der Waals surface area contributed by atoms with Crippen LogP contribution in [0.5, 0.6) is 0 Å². The van der Waals surface area contributed by atoms with Crippen molar-refractivity contribution in [1.82, 2.24) is 19.0 Å². The van der Waals surface area contributed by atoms with Crippen LogP contribution in [0.1, 0.15) is 22.9 Å². The van der Waals surface area contributed by atoms with E-state index in [1.165, 1.54) is 11.7 Å². The van der Waals surface area contributed by atoms with Gasteiger partial charge in [-0.15, -0.1) is 0 Å². The van der Waals surface area contributed by atoms with Gasteiger partial charge in [-0.05, 0) is 17.7 Å². The van der Waals surface area contributed by atoms with Crippen LogP contribution in [0, 0.1) is 0 Å². The zero-order chi connectivity index (χ0) is 17.0. The van der Waals surface area contributed by atoms with E-state index in [9.17, 15) is 9.90 Å². The van der Waals surface area contributed by atoms with Crippen LogP contribution in [-0.2, 0) is 11.2 Å². The van der Waals surface area contributed by atoms with Gasteiger partial charge in [-0.1, -0.05) is 30.3 Å². The van der Waals surface area contributed by atoms with Gasteiger partial charge in [0.25, 0.3) is 0 Å². The van der Waals surface area contributed by atoms with Crippen LogP contribution in [0.2, 0.25) is 0 Å². The van der Waals surface area contributed by atoms with Crippen molar-refractivity contribution in [2.45, 2.75) is 18.5 Å². The van der Waals surface area contributed by atoms with Crippen LogP contribution in [0.25, 0.3) is 21.9 Å². The number of carboxylic acids is 1. The first-order chi connectivity index (χ1) is 12.2. The molecule has 0 bridgehead atoms. The number of aromatic nitrogens is 3. The molecule has 1 aliphatic rings. The van der Waals surface area contributed by atoms with Crippen molar-refractivity contribution in [1.29, 1.82) is 0 Å². The second kappa shape index (κ2) is 5.37. The van der Waals surface area contributed by atoms with E-state index >= 15 is 0 Å². The number of carboxylic acid groups (broad SMARTS) is 1. The van der Waals surface area contributed by atoms with Gasteiger partial charge >= 0.3 is 5.97 Å². The third kappa shape index (κ3) is 2.16. The van der Waals surface area contributed by atoms with Gasteiger partial charge in [0.15, 0.2) is 0 Å². The predicted octanol–water partition coefficient (Wildman–Crippen LogP) is 2.86. The van der Waals surface area contributed by atoms with Gasteiger partial charge in [0.05, 0.1) is 17.8 Å². The molecule has 124 valence electrons. The number of H-pyrrole nitrogens is 1. The summed E-state index contributed by atoms with van der Waals surface area (Å²) in [5, 5.41) is 14.0. The maximum absolute atomic E-state index is 11.7. The summed E-state index contributed by atoms with van der Waals surface area (Å²) in [5.74, 6) is -0.843. The van der Waals surface area contributed by atoms with E-state index in [4.69, 9.17) is 0 Å². The number of nitrogens with zero attached hydrogens (tertiary/aromatic N) is 2. The standard InChI is InChI=1S/C18H14N4O2S/c23-18(24)14-8-11-9-4-1-2-6-12(9)19-17(11)16(20-14)10-5-3-7-13-15(10)22-25-21-13/h1-7,14,16,19-20H,8H2,(H,23,24)/t14-,16+/m1/s1. The molecule has 2 aromatic heterocycles. The van der Waals surface area contributed by atoms with Crippen LogP contribution >= 0.6 is 11.7 Å². The molecule has 2 atom stereocenters. The number of aliphatic carboxylic acids is 1. The number of nitrogens with one attached hydrogen (secondary N) is 2. The Hall–Kier alpha value is -2.77. The summed E-state index contributed by atoms with van der Waals surface area (Å²) in [7, 11) is 0. The average molecular weight is 350 g/mol. The monoisotopic (exact) mass is 350 g/mol. The summed E-state index contributed by atoms with van der Waals surface area (Å²) >= 11 is 1.17. The Bertz CT molecular complexity index is 1120. The minimum absolute atomic E-state index is 0.259. The van der Waals surface area contributed by atoms with Crippen molar-refractivity contribution in [3.63, 3.8) is 0 Å². The molecule has 0 aliphatic carbocycles. The van der Waals surface area contributed by atoms with Crippen molar-refractivity contribution >= 4 is 39.6 Å². The molecular weight excluding hydrogens is 336 g/mol. The van der Waals surface area contributed by atoms with E-state index < -0.39 is 12.0 Å². The number of benzene rings is 2. The smallest absolute Gasteiger partial charge is 0.321 e. The van der Waals surface area contributed by atoms with E-state index in [1.54, 1.807) is 0 Å². The summed E-state index contributed by atoms with van der Waals surface area (Å²) in [6.07, 6.45) is 0.455. The molecule has 25 heavy (non-hydrogen) atoms. The highest BCUT2D eigenvalue weighted by atomic mass is 32.1. The second-order valence-electron chi connectivity index (χ2n) is 6.24. The first-order valence-corrected chi connectivity index (χ1v) is 8.75. The molecule has 1 aliphatic heterocycles. The van der Waals surface area contributed by atoms with E-state index in [2.05, 4.69) is 19.0 Å². The van der Waals surface area contributed by atoms with Gasteiger partial charge in [0.1, 0.15) is 17.1 Å². The highest BCUT2D eigenvalue weighted by Gasteiger charge is 2.34. The average Bonchev–Trinajstić information content (AvgIpc) is 3.25. The SMILES string of the molecule is O=C(O)[C@H]1Cc2c([nH]c3ccccc23)[C@H](c2cccc3nsnc23)N1. The number of hydrogen-bond acceptors (Lipinski definition) is 5. The zero-order valence-electron chi connectivity index (χ0n) is 13.1. The third-order valence-electron chi connectivity index (χ3n) is 4.84. The normalized spacial score (nSPS) is 20.0. The minimum Gasteiger partial charge on any atom is -0.480 e. The maximum atomic E-state index is 11.7. The Kier molecular flexibility index (Phi) is 3.13. The lowest BCUT2D eigenvalue weighted by Crippen LogP contribution is -2.45. The highest BCUT2D eigenvalue weighted by molar-refractivity contribution is 7.00. The van der Waals surface area contributed by atoms with Gasteiger partial charge in [-0.2, -0.15) is 8.75 Å². The fourth-order valence-electron chi connectivity index (χ4n) is 3.70. The molecule has 4 aromatic rings. The molecule has 5 rings (SSSR count). The topological polar surface area (TPSA) is 90.9 Å². The van der Waals surface area contributed by atoms with E-state index in [1.807, 2.05) is 42.5 Å². The number of fused-ring (bicyclic) bond motifs is 4. The van der Waals surface area contributed by atoms with Crippen molar-refractivity contribution in [3.8, 4) is 0 Å². The summed E-state index contributed by atoms with van der Waals surface area (Å²) in [6, 6.07) is 13.0. The maximum Gasteiger partial charge on any atom is 0.321 e. The second-order valence-corrected chi connectivity index (χ2v) is 6.77. The van der Waals surface area contributed by atoms with Crippen LogP contribution in [0.4, 0.5) is 0 Å². The van der Waals surface area contributed by atoms with E-state index in [-0.39, 0.29) is 6.04 Å². The van der Waals surface area contributed by atoms with Crippen LogP contribution in [-0.4, -0.2) is 30.8 Å². The molecule has 0 fully saturated rings. The molecular formula is C18H14N4O2S.